The zero-order valence-corrected chi connectivity index (χ0v) is 20.5. The van der Waals surface area contributed by atoms with E-state index in [1.54, 1.807) is 47.9 Å². The van der Waals surface area contributed by atoms with Crippen molar-refractivity contribution in [3.05, 3.63) is 99.7 Å². The first-order chi connectivity index (χ1) is 17.9. The maximum atomic E-state index is 13.5. The number of aliphatic hydroxyl groups is 2. The predicted octanol–water partition coefficient (Wildman–Crippen LogP) is 5.26. The van der Waals surface area contributed by atoms with Gasteiger partial charge in [0.05, 0.1) is 11.1 Å². The third-order valence-electron chi connectivity index (χ3n) is 6.05. The van der Waals surface area contributed by atoms with Crippen molar-refractivity contribution in [3.63, 3.8) is 0 Å². The molecule has 4 aromatic rings. The molecular weight excluding hydrogens is 527 g/mol. The van der Waals surface area contributed by atoms with Gasteiger partial charge in [-0.2, -0.15) is 0 Å². The number of hydrogen-bond acceptors (Lipinski definition) is 5. The number of ether oxygens (including phenoxy) is 1. The van der Waals surface area contributed by atoms with Crippen molar-refractivity contribution in [1.29, 1.82) is 0 Å². The molecule has 0 saturated carbocycles. The number of aromatic nitrogens is 1. The average molecular weight is 548 g/mol. The second-order valence-electron chi connectivity index (χ2n) is 8.58. The number of aliphatic hydroxyl groups excluding tert-OH is 2. The summed E-state index contributed by atoms with van der Waals surface area (Å²) in [7, 11) is 0. The molecule has 0 unspecified atom stereocenters. The van der Waals surface area contributed by atoms with Crippen LogP contribution in [-0.4, -0.2) is 44.1 Å². The van der Waals surface area contributed by atoms with Crippen molar-refractivity contribution in [3.8, 4) is 5.75 Å². The highest BCUT2D eigenvalue weighted by molar-refractivity contribution is 6.30. The van der Waals surface area contributed by atoms with Gasteiger partial charge in [-0.1, -0.05) is 35.9 Å². The van der Waals surface area contributed by atoms with Crippen LogP contribution in [-0.2, 0) is 11.3 Å². The van der Waals surface area contributed by atoms with Crippen LogP contribution in [0.1, 0.15) is 38.8 Å². The van der Waals surface area contributed by atoms with Crippen molar-refractivity contribution in [2.24, 2.45) is 0 Å². The third kappa shape index (κ3) is 5.67. The van der Waals surface area contributed by atoms with Crippen LogP contribution in [0.5, 0.6) is 5.75 Å². The minimum Gasteiger partial charge on any atom is -0.479 e. The number of carbonyl (C=O) groups excluding carboxylic acids is 1. The van der Waals surface area contributed by atoms with Gasteiger partial charge in [0.15, 0.2) is 11.9 Å². The van der Waals surface area contributed by atoms with E-state index in [0.29, 0.717) is 27.2 Å². The Bertz CT molecular complexity index is 1510. The van der Waals surface area contributed by atoms with Gasteiger partial charge in [0.2, 0.25) is 0 Å². The molecule has 0 bridgehead atoms. The molecule has 11 heteroatoms. The van der Waals surface area contributed by atoms with Gasteiger partial charge in [0, 0.05) is 34.3 Å². The number of carboxylic acids is 1. The van der Waals surface area contributed by atoms with E-state index in [2.05, 4.69) is 4.74 Å². The molecular formula is C27H21ClF3NO6. The van der Waals surface area contributed by atoms with Gasteiger partial charge in [0.1, 0.15) is 11.9 Å². The van der Waals surface area contributed by atoms with E-state index in [1.807, 2.05) is 0 Å². The molecule has 0 fully saturated rings. The minimum absolute atomic E-state index is 0.0510. The van der Waals surface area contributed by atoms with Gasteiger partial charge in [-0.3, -0.25) is 4.79 Å². The maximum absolute atomic E-state index is 13.5. The first-order valence-electron chi connectivity index (χ1n) is 11.2. The first-order valence-corrected chi connectivity index (χ1v) is 11.6. The summed E-state index contributed by atoms with van der Waals surface area (Å²) in [4.78, 5) is 24.5. The third-order valence-corrected chi connectivity index (χ3v) is 6.30. The molecule has 2 atom stereocenters. The summed E-state index contributed by atoms with van der Waals surface area (Å²) in [5.41, 5.74) is 2.02. The van der Waals surface area contributed by atoms with Crippen LogP contribution in [0, 0.1) is 6.92 Å². The van der Waals surface area contributed by atoms with Crippen molar-refractivity contribution in [1.82, 2.24) is 4.57 Å². The summed E-state index contributed by atoms with van der Waals surface area (Å²) in [6, 6.07) is 16.0. The predicted molar refractivity (Wildman–Crippen MR) is 132 cm³/mol. The molecule has 0 radical (unpaired) electrons. The van der Waals surface area contributed by atoms with Crippen molar-refractivity contribution >= 4 is 34.3 Å². The highest BCUT2D eigenvalue weighted by Crippen LogP contribution is 2.34. The number of carboxylic acid groups (broad SMARTS) is 1. The number of fused-ring (bicyclic) bond motifs is 1. The van der Waals surface area contributed by atoms with E-state index < -0.39 is 30.3 Å². The van der Waals surface area contributed by atoms with Crippen LogP contribution in [0.25, 0.3) is 10.9 Å². The standard InChI is InChI=1S/C27H21ClF3NO6/c1-14-22(23(33)16-5-7-18(28)8-6-16)20-10-9-19(38-27(29,30)31)12-21(20)32(14)13-15-3-2-4-17(11-15)24(34)25(35)26(36)37/h2-12,24-25,34-35H,13H2,1H3,(H,36,37)/t24-,25-/m0/s1. The Morgan fingerprint density at radius 2 is 1.71 bits per heavy atom. The molecule has 0 aliphatic rings. The van der Waals surface area contributed by atoms with Crippen LogP contribution >= 0.6 is 11.6 Å². The molecule has 1 heterocycles. The molecule has 7 nitrogen and oxygen atoms in total. The Labute approximate surface area is 219 Å². The summed E-state index contributed by atoms with van der Waals surface area (Å²) in [6.45, 7) is 1.70. The maximum Gasteiger partial charge on any atom is 0.573 e. The Morgan fingerprint density at radius 3 is 2.34 bits per heavy atom. The smallest absolute Gasteiger partial charge is 0.479 e. The van der Waals surface area contributed by atoms with Crippen molar-refractivity contribution < 1.29 is 42.8 Å². The van der Waals surface area contributed by atoms with Crippen LogP contribution in [0.2, 0.25) is 5.02 Å². The van der Waals surface area contributed by atoms with Crippen molar-refractivity contribution in [2.75, 3.05) is 0 Å². The zero-order chi connectivity index (χ0) is 27.8. The Balaban J connectivity index is 1.83. The summed E-state index contributed by atoms with van der Waals surface area (Å²) >= 11 is 5.94. The molecule has 0 aliphatic carbocycles. The van der Waals surface area contributed by atoms with E-state index in [-0.39, 0.29) is 29.0 Å². The lowest BCUT2D eigenvalue weighted by Crippen LogP contribution is -2.27. The van der Waals surface area contributed by atoms with E-state index >= 15 is 0 Å². The van der Waals surface area contributed by atoms with Gasteiger partial charge < -0.3 is 24.6 Å². The number of halogens is 4. The van der Waals surface area contributed by atoms with Gasteiger partial charge in [-0.15, -0.1) is 13.2 Å². The molecule has 0 amide bonds. The van der Waals surface area contributed by atoms with Gasteiger partial charge in [-0.25, -0.2) is 4.79 Å². The average Bonchev–Trinajstić information content (AvgIpc) is 3.12. The quantitative estimate of drug-likeness (QED) is 0.260. The molecule has 3 aromatic carbocycles. The fraction of sp³-hybridized carbons (Fsp3) is 0.185. The van der Waals surface area contributed by atoms with Crippen LogP contribution < -0.4 is 4.74 Å². The zero-order valence-electron chi connectivity index (χ0n) is 19.7. The van der Waals surface area contributed by atoms with Crippen LogP contribution in [0.3, 0.4) is 0 Å². The molecule has 1 aromatic heterocycles. The SMILES string of the molecule is Cc1c(C(=O)c2ccc(Cl)cc2)c2ccc(OC(F)(F)F)cc2n1Cc1cccc([C@H](O)[C@H](O)C(=O)O)c1. The number of aliphatic carboxylic acids is 1. The van der Waals surface area contributed by atoms with Crippen LogP contribution in [0.15, 0.2) is 66.7 Å². The Kier molecular flexibility index (Phi) is 7.50. The molecule has 3 N–H and O–H groups in total. The number of rotatable bonds is 8. The van der Waals surface area contributed by atoms with E-state index in [1.165, 1.54) is 24.3 Å². The number of ketones is 1. The monoisotopic (exact) mass is 547 g/mol. The molecule has 0 saturated heterocycles. The lowest BCUT2D eigenvalue weighted by atomic mass is 10.0. The largest absolute Gasteiger partial charge is 0.573 e. The molecule has 198 valence electrons. The van der Waals surface area contributed by atoms with E-state index in [4.69, 9.17) is 16.7 Å². The second-order valence-corrected chi connectivity index (χ2v) is 9.02. The van der Waals surface area contributed by atoms with E-state index in [0.717, 1.165) is 6.07 Å². The summed E-state index contributed by atoms with van der Waals surface area (Å²) in [5, 5.41) is 29.8. The summed E-state index contributed by atoms with van der Waals surface area (Å²) in [5.74, 6) is -2.43. The van der Waals surface area contributed by atoms with Crippen molar-refractivity contribution in [2.45, 2.75) is 32.0 Å². The lowest BCUT2D eigenvalue weighted by molar-refractivity contribution is -0.274. The van der Waals surface area contributed by atoms with Crippen LogP contribution in [0.4, 0.5) is 13.2 Å². The minimum atomic E-state index is -4.92. The first kappa shape index (κ1) is 27.2. The Hall–Kier alpha value is -3.86. The van der Waals surface area contributed by atoms with Gasteiger partial charge >= 0.3 is 12.3 Å². The Morgan fingerprint density at radius 1 is 1.03 bits per heavy atom. The molecule has 4 rings (SSSR count). The molecule has 0 aliphatic heterocycles. The number of nitrogens with zero attached hydrogens (tertiary/aromatic N) is 1. The van der Waals surface area contributed by atoms with Gasteiger partial charge in [0.25, 0.3) is 0 Å². The number of carbonyl (C=O) groups is 2. The summed E-state index contributed by atoms with van der Waals surface area (Å²) < 4.78 is 44.5. The lowest BCUT2D eigenvalue weighted by Gasteiger charge is -2.16. The normalized spacial score (nSPS) is 13.3. The molecule has 0 spiro atoms. The van der Waals surface area contributed by atoms with Gasteiger partial charge in [-0.05, 0) is 54.4 Å². The number of hydrogen-bond donors (Lipinski definition) is 3. The van der Waals surface area contributed by atoms with E-state index in [9.17, 15) is 33.0 Å². The molecule has 38 heavy (non-hydrogen) atoms. The fourth-order valence-electron chi connectivity index (χ4n) is 4.27. The number of benzene rings is 3. The summed E-state index contributed by atoms with van der Waals surface area (Å²) in [6.07, 6.45) is -8.67. The second kappa shape index (κ2) is 10.5. The topological polar surface area (TPSA) is 109 Å². The fourth-order valence-corrected chi connectivity index (χ4v) is 4.39. The highest BCUT2D eigenvalue weighted by atomic mass is 35.5. The highest BCUT2D eigenvalue weighted by Gasteiger charge is 2.32. The number of alkyl halides is 3.